The minimum Gasteiger partial charge on any atom is -0.490 e. The highest BCUT2D eigenvalue weighted by Crippen LogP contribution is 2.35. The molecular weight excluding hydrogens is 421 g/mol. The fourth-order valence-electron chi connectivity index (χ4n) is 3.76. The van der Waals surface area contributed by atoms with E-state index in [0.29, 0.717) is 42.0 Å². The number of hydrogen-bond acceptors (Lipinski definition) is 6. The van der Waals surface area contributed by atoms with Crippen molar-refractivity contribution in [3.63, 3.8) is 0 Å². The quantitative estimate of drug-likeness (QED) is 0.478. The summed E-state index contributed by atoms with van der Waals surface area (Å²) in [4.78, 5) is 14.9. The van der Waals surface area contributed by atoms with Crippen LogP contribution in [0.2, 0.25) is 5.02 Å². The van der Waals surface area contributed by atoms with Gasteiger partial charge in [-0.25, -0.2) is 19.3 Å². The Morgan fingerprint density at radius 2 is 2.00 bits per heavy atom. The number of nitrogens with zero attached hydrogens (tertiary/aromatic N) is 5. The highest BCUT2D eigenvalue weighted by atomic mass is 35.5. The van der Waals surface area contributed by atoms with Crippen molar-refractivity contribution in [3.05, 3.63) is 71.0 Å². The molecule has 0 aliphatic carbocycles. The number of benzene rings is 2. The van der Waals surface area contributed by atoms with Gasteiger partial charge in [-0.15, -0.1) is 0 Å². The van der Waals surface area contributed by atoms with Crippen LogP contribution in [0.1, 0.15) is 11.1 Å². The molecule has 0 fully saturated rings. The highest BCUT2D eigenvalue weighted by molar-refractivity contribution is 6.32. The van der Waals surface area contributed by atoms with Crippen LogP contribution in [-0.2, 0) is 13.1 Å². The summed E-state index contributed by atoms with van der Waals surface area (Å²) in [7, 11) is 1.54. The second-order valence-corrected chi connectivity index (χ2v) is 7.71. The number of imidazole rings is 1. The Labute approximate surface area is 183 Å². The first kappa shape index (κ1) is 19.7. The van der Waals surface area contributed by atoms with E-state index in [1.165, 1.54) is 12.1 Å². The van der Waals surface area contributed by atoms with Crippen molar-refractivity contribution in [1.82, 2.24) is 24.4 Å². The fourth-order valence-corrected chi connectivity index (χ4v) is 4.05. The third-order valence-corrected chi connectivity index (χ3v) is 5.49. The Morgan fingerprint density at radius 3 is 2.81 bits per heavy atom. The summed E-state index contributed by atoms with van der Waals surface area (Å²) in [6.45, 7) is 2.58. The summed E-state index contributed by atoms with van der Waals surface area (Å²) in [5.74, 6) is 0.374. The van der Waals surface area contributed by atoms with Crippen LogP contribution in [0.3, 0.4) is 0 Å². The molecule has 0 unspecified atom stereocenters. The van der Waals surface area contributed by atoms with E-state index < -0.39 is 0 Å². The van der Waals surface area contributed by atoms with Crippen molar-refractivity contribution in [2.24, 2.45) is 0 Å². The van der Waals surface area contributed by atoms with Gasteiger partial charge in [0.1, 0.15) is 24.5 Å². The van der Waals surface area contributed by atoms with Crippen molar-refractivity contribution >= 4 is 22.6 Å². The van der Waals surface area contributed by atoms with Crippen LogP contribution in [-0.4, -0.2) is 44.7 Å². The third-order valence-electron chi connectivity index (χ3n) is 5.21. The van der Waals surface area contributed by atoms with Gasteiger partial charge in [-0.2, -0.15) is 0 Å². The largest absolute Gasteiger partial charge is 0.490 e. The minimum absolute atomic E-state index is 0.315. The van der Waals surface area contributed by atoms with Crippen molar-refractivity contribution in [3.8, 4) is 17.4 Å². The summed E-state index contributed by atoms with van der Waals surface area (Å²) in [6, 6.07) is 8.78. The fraction of sp³-hybridized carbons (Fsp3) is 0.227. The zero-order chi connectivity index (χ0) is 21.4. The van der Waals surface area contributed by atoms with Crippen LogP contribution in [0.5, 0.6) is 11.8 Å². The summed E-state index contributed by atoms with van der Waals surface area (Å²) in [6.07, 6.45) is 5.20. The Bertz CT molecular complexity index is 1240. The van der Waals surface area contributed by atoms with E-state index in [2.05, 4.69) is 19.9 Å². The molecule has 7 nitrogen and oxygen atoms in total. The first-order valence-corrected chi connectivity index (χ1v) is 10.1. The van der Waals surface area contributed by atoms with Gasteiger partial charge >= 0.3 is 6.01 Å². The average Bonchev–Trinajstić information content (AvgIpc) is 3.07. The molecule has 0 N–H and O–H groups in total. The van der Waals surface area contributed by atoms with Crippen LogP contribution in [0.15, 0.2) is 49.1 Å². The van der Waals surface area contributed by atoms with Gasteiger partial charge in [0.25, 0.3) is 0 Å². The monoisotopic (exact) mass is 439 g/mol. The molecule has 4 aromatic rings. The molecule has 0 bridgehead atoms. The molecule has 0 atom stereocenters. The van der Waals surface area contributed by atoms with Crippen LogP contribution in [0.4, 0.5) is 4.39 Å². The predicted octanol–water partition coefficient (Wildman–Crippen LogP) is 4.01. The Kier molecular flexibility index (Phi) is 5.17. The molecule has 2 aromatic heterocycles. The lowest BCUT2D eigenvalue weighted by atomic mass is 10.1. The average molecular weight is 440 g/mol. The molecule has 3 heterocycles. The van der Waals surface area contributed by atoms with Crippen LogP contribution in [0.25, 0.3) is 16.7 Å². The van der Waals surface area contributed by atoms with Crippen LogP contribution < -0.4 is 9.47 Å². The Balaban J connectivity index is 1.46. The first-order chi connectivity index (χ1) is 15.1. The van der Waals surface area contributed by atoms with Gasteiger partial charge in [0.2, 0.25) is 0 Å². The maximum atomic E-state index is 13.5. The molecule has 0 saturated heterocycles. The number of halogens is 2. The molecule has 0 spiro atoms. The summed E-state index contributed by atoms with van der Waals surface area (Å²) < 4.78 is 26.4. The molecule has 0 saturated carbocycles. The van der Waals surface area contributed by atoms with Gasteiger partial charge < -0.3 is 9.47 Å². The zero-order valence-corrected chi connectivity index (χ0v) is 17.5. The van der Waals surface area contributed by atoms with Crippen LogP contribution in [0, 0.1) is 5.82 Å². The second-order valence-electron chi connectivity index (χ2n) is 7.30. The number of ether oxygens (including phenoxy) is 2. The third kappa shape index (κ3) is 3.92. The lowest BCUT2D eigenvalue weighted by Crippen LogP contribution is -2.25. The van der Waals surface area contributed by atoms with Gasteiger partial charge in [0.05, 0.1) is 23.2 Å². The molecule has 0 amide bonds. The molecule has 5 rings (SSSR count). The Hall–Kier alpha value is -3.23. The van der Waals surface area contributed by atoms with Gasteiger partial charge in [-0.3, -0.25) is 9.47 Å². The van der Waals surface area contributed by atoms with Crippen molar-refractivity contribution < 1.29 is 13.9 Å². The second kappa shape index (κ2) is 8.13. The lowest BCUT2D eigenvalue weighted by molar-refractivity contribution is 0.219. The highest BCUT2D eigenvalue weighted by Gasteiger charge is 2.20. The lowest BCUT2D eigenvalue weighted by Gasteiger charge is -2.19. The summed E-state index contributed by atoms with van der Waals surface area (Å²) >= 11 is 6.58. The molecule has 31 heavy (non-hydrogen) atoms. The number of methoxy groups -OCH3 is 1. The topological polar surface area (TPSA) is 65.3 Å². The first-order valence-electron chi connectivity index (χ1n) is 9.76. The van der Waals surface area contributed by atoms with Gasteiger partial charge in [-0.05, 0) is 24.3 Å². The normalized spacial score (nSPS) is 14.2. The molecule has 158 valence electrons. The number of fused-ring (bicyclic) bond motifs is 2. The van der Waals surface area contributed by atoms with E-state index in [9.17, 15) is 4.39 Å². The summed E-state index contributed by atoms with van der Waals surface area (Å²) in [5, 5.41) is 0.533. The smallest absolute Gasteiger partial charge is 0.316 e. The predicted molar refractivity (Wildman–Crippen MR) is 114 cm³/mol. The summed E-state index contributed by atoms with van der Waals surface area (Å²) in [5.41, 5.74) is 4.19. The van der Waals surface area contributed by atoms with Gasteiger partial charge in [-0.1, -0.05) is 11.6 Å². The van der Waals surface area contributed by atoms with Gasteiger partial charge in [0.15, 0.2) is 0 Å². The Morgan fingerprint density at radius 1 is 1.16 bits per heavy atom. The zero-order valence-electron chi connectivity index (χ0n) is 16.8. The maximum Gasteiger partial charge on any atom is 0.316 e. The molecule has 2 aromatic carbocycles. The number of aromatic nitrogens is 4. The van der Waals surface area contributed by atoms with Gasteiger partial charge in [0, 0.05) is 54.9 Å². The number of rotatable bonds is 4. The molecule has 9 heteroatoms. The van der Waals surface area contributed by atoms with E-state index in [-0.39, 0.29) is 5.82 Å². The standard InChI is InChI=1S/C22H19ClFN5O2/c1-30-22-25-9-14(10-26-22)11-28-4-5-31-21-15(12-28)6-17(8-18(21)23)29-13-27-19-7-16(24)2-3-20(19)29/h2-3,6-10,13H,4-5,11-12H2,1H3. The van der Waals surface area contributed by atoms with E-state index in [1.807, 2.05) is 16.7 Å². The molecule has 1 aliphatic rings. The molecule has 0 radical (unpaired) electrons. The molecule has 1 aliphatic heterocycles. The maximum absolute atomic E-state index is 13.5. The van der Waals surface area contributed by atoms with E-state index >= 15 is 0 Å². The molecular formula is C22H19ClFN5O2. The SMILES string of the molecule is COc1ncc(CN2CCOc3c(Cl)cc(-n4cnc5cc(F)ccc54)cc3C2)cn1. The van der Waals surface area contributed by atoms with Crippen LogP contribution >= 0.6 is 11.6 Å². The van der Waals surface area contributed by atoms with E-state index in [0.717, 1.165) is 28.9 Å². The van der Waals surface area contributed by atoms with Crippen molar-refractivity contribution in [2.45, 2.75) is 13.1 Å². The number of hydrogen-bond donors (Lipinski definition) is 0. The van der Waals surface area contributed by atoms with E-state index in [1.54, 1.807) is 31.9 Å². The van der Waals surface area contributed by atoms with Crippen molar-refractivity contribution in [1.29, 1.82) is 0 Å². The minimum atomic E-state index is -0.315. The van der Waals surface area contributed by atoms with Crippen molar-refractivity contribution in [2.75, 3.05) is 20.3 Å². The van der Waals surface area contributed by atoms with E-state index in [4.69, 9.17) is 21.1 Å².